The van der Waals surface area contributed by atoms with E-state index in [1.807, 2.05) is 0 Å². The van der Waals surface area contributed by atoms with Gasteiger partial charge < -0.3 is 14.6 Å². The summed E-state index contributed by atoms with van der Waals surface area (Å²) in [6.07, 6.45) is 4.69. The molecule has 4 aliphatic carbocycles. The first-order chi connectivity index (χ1) is 12.3. The van der Waals surface area contributed by atoms with Crippen LogP contribution in [0.25, 0.3) is 0 Å². The van der Waals surface area contributed by atoms with Crippen LogP contribution in [0.4, 0.5) is 0 Å². The summed E-state index contributed by atoms with van der Waals surface area (Å²) in [5.41, 5.74) is -0.958. The maximum Gasteiger partial charge on any atom is 0.312 e. The van der Waals surface area contributed by atoms with Crippen LogP contribution in [0.2, 0.25) is 5.02 Å². The van der Waals surface area contributed by atoms with Gasteiger partial charge in [-0.2, -0.15) is 0 Å². The Balaban J connectivity index is 1.43. The average Bonchev–Trinajstić information content (AvgIpc) is 2.57. The lowest BCUT2D eigenvalue weighted by molar-refractivity contribution is -0.195. The number of benzene rings is 1. The number of hydrogen-bond donors (Lipinski definition) is 1. The van der Waals surface area contributed by atoms with Crippen molar-refractivity contribution in [1.29, 1.82) is 0 Å². The number of ether oxygens (including phenoxy) is 2. The van der Waals surface area contributed by atoms with Gasteiger partial charge in [0.2, 0.25) is 0 Å². The van der Waals surface area contributed by atoms with Crippen LogP contribution in [0.3, 0.4) is 0 Å². The summed E-state index contributed by atoms with van der Waals surface area (Å²) in [5.74, 6) is 0.640. The zero-order valence-corrected chi connectivity index (χ0v) is 15.6. The van der Waals surface area contributed by atoms with E-state index in [1.165, 1.54) is 13.2 Å². The summed E-state index contributed by atoms with van der Waals surface area (Å²) in [6, 6.07) is 4.74. The Morgan fingerprint density at radius 2 is 1.92 bits per heavy atom. The Morgan fingerprint density at radius 3 is 2.50 bits per heavy atom. The highest BCUT2D eigenvalue weighted by atomic mass is 35.5. The largest absolute Gasteiger partial charge is 0.495 e. The lowest BCUT2D eigenvalue weighted by Gasteiger charge is -2.58. The Bertz CT molecular complexity index is 745. The van der Waals surface area contributed by atoms with Crippen LogP contribution in [-0.4, -0.2) is 36.2 Å². The molecule has 0 aliphatic heterocycles. The van der Waals surface area contributed by atoms with Gasteiger partial charge in [0, 0.05) is 5.56 Å². The standard InChI is InChI=1S/C20H23ClO5/c1-25-17-3-2-14(5-15(17)21)16(22)10-26-18(23)19-6-12-4-13(7-19)9-20(24,8-12)11-19/h2-3,5,12-13,24H,4,6-11H2,1H3/t12-,13+,19?,20?. The predicted molar refractivity (Wildman–Crippen MR) is 95.4 cm³/mol. The molecule has 6 heteroatoms. The monoisotopic (exact) mass is 378 g/mol. The molecule has 26 heavy (non-hydrogen) atoms. The topological polar surface area (TPSA) is 72.8 Å². The van der Waals surface area contributed by atoms with E-state index >= 15 is 0 Å². The van der Waals surface area contributed by atoms with Gasteiger partial charge in [0.1, 0.15) is 5.75 Å². The normalized spacial score (nSPS) is 34.6. The minimum atomic E-state index is -0.726. The second kappa shape index (κ2) is 6.24. The van der Waals surface area contributed by atoms with Gasteiger partial charge in [-0.3, -0.25) is 9.59 Å². The number of rotatable bonds is 5. The highest BCUT2D eigenvalue weighted by molar-refractivity contribution is 6.32. The Hall–Kier alpha value is -1.59. The lowest BCUT2D eigenvalue weighted by Crippen LogP contribution is -2.58. The van der Waals surface area contributed by atoms with Crippen molar-refractivity contribution in [2.75, 3.05) is 13.7 Å². The Labute approximate surface area is 157 Å². The molecule has 0 aromatic heterocycles. The summed E-state index contributed by atoms with van der Waals surface area (Å²) in [5, 5.41) is 11.1. The number of hydrogen-bond acceptors (Lipinski definition) is 5. The molecule has 0 saturated heterocycles. The molecule has 5 rings (SSSR count). The molecular weight excluding hydrogens is 356 g/mol. The molecule has 1 aromatic carbocycles. The average molecular weight is 379 g/mol. The van der Waals surface area contributed by atoms with E-state index < -0.39 is 11.0 Å². The van der Waals surface area contributed by atoms with Gasteiger partial charge in [-0.25, -0.2) is 0 Å². The first-order valence-corrected chi connectivity index (χ1v) is 9.47. The van der Waals surface area contributed by atoms with E-state index in [0.717, 1.165) is 32.1 Å². The van der Waals surface area contributed by atoms with Crippen molar-refractivity contribution in [2.24, 2.45) is 17.3 Å². The molecule has 5 nitrogen and oxygen atoms in total. The van der Waals surface area contributed by atoms with Crippen molar-refractivity contribution in [2.45, 2.75) is 44.1 Å². The van der Waals surface area contributed by atoms with Gasteiger partial charge in [0.05, 0.1) is 23.1 Å². The molecule has 140 valence electrons. The highest BCUT2D eigenvalue weighted by Crippen LogP contribution is 2.61. The third-order valence-corrected chi connectivity index (χ3v) is 6.57. The number of aliphatic hydroxyl groups is 1. The quantitative estimate of drug-likeness (QED) is 0.628. The Kier molecular flexibility index (Phi) is 4.27. The van der Waals surface area contributed by atoms with Crippen molar-refractivity contribution in [1.82, 2.24) is 0 Å². The van der Waals surface area contributed by atoms with E-state index in [0.29, 0.717) is 34.6 Å². The lowest BCUT2D eigenvalue weighted by atomic mass is 9.48. The predicted octanol–water partition coefficient (Wildman–Crippen LogP) is 3.41. The van der Waals surface area contributed by atoms with Crippen LogP contribution in [0.1, 0.15) is 48.9 Å². The number of halogens is 1. The van der Waals surface area contributed by atoms with Crippen LogP contribution >= 0.6 is 11.6 Å². The minimum Gasteiger partial charge on any atom is -0.495 e. The van der Waals surface area contributed by atoms with E-state index in [9.17, 15) is 14.7 Å². The number of ketones is 1. The SMILES string of the molecule is COc1ccc(C(=O)COC(=O)C23C[C@@H]4C[C@@H](CC(O)(C4)C2)C3)cc1Cl. The van der Waals surface area contributed by atoms with Crippen molar-refractivity contribution >= 4 is 23.4 Å². The fourth-order valence-corrected chi connectivity index (χ4v) is 5.92. The van der Waals surface area contributed by atoms with Gasteiger partial charge >= 0.3 is 5.97 Å². The molecule has 4 bridgehead atoms. The number of esters is 1. The third-order valence-electron chi connectivity index (χ3n) is 6.27. The summed E-state index contributed by atoms with van der Waals surface area (Å²) in [4.78, 5) is 25.2. The minimum absolute atomic E-state index is 0.300. The maximum atomic E-state index is 12.8. The number of carbonyl (C=O) groups excluding carboxylic acids is 2. The maximum absolute atomic E-state index is 12.8. The summed E-state index contributed by atoms with van der Waals surface area (Å²) < 4.78 is 10.5. The van der Waals surface area contributed by atoms with Crippen molar-refractivity contribution in [3.8, 4) is 5.75 Å². The second-order valence-corrected chi connectivity index (χ2v) is 8.72. The first kappa shape index (κ1) is 17.8. The van der Waals surface area contributed by atoms with E-state index in [-0.39, 0.29) is 18.4 Å². The van der Waals surface area contributed by atoms with Gasteiger partial charge in [-0.15, -0.1) is 0 Å². The molecule has 0 heterocycles. The molecule has 1 aromatic rings. The van der Waals surface area contributed by atoms with Crippen molar-refractivity contribution in [3.05, 3.63) is 28.8 Å². The van der Waals surface area contributed by atoms with Crippen LogP contribution in [0.15, 0.2) is 18.2 Å². The second-order valence-electron chi connectivity index (χ2n) is 8.31. The number of Topliss-reactive ketones (excluding diaryl/α,β-unsaturated/α-hetero) is 1. The van der Waals surface area contributed by atoms with Crippen molar-refractivity contribution in [3.63, 3.8) is 0 Å². The number of methoxy groups -OCH3 is 1. The summed E-state index contributed by atoms with van der Waals surface area (Å²) in [7, 11) is 1.50. The van der Waals surface area contributed by atoms with Gasteiger partial charge in [-0.1, -0.05) is 11.6 Å². The van der Waals surface area contributed by atoms with Gasteiger partial charge in [0.25, 0.3) is 0 Å². The fourth-order valence-electron chi connectivity index (χ4n) is 5.66. The molecule has 4 aliphatic rings. The Morgan fingerprint density at radius 1 is 1.23 bits per heavy atom. The first-order valence-electron chi connectivity index (χ1n) is 9.09. The highest BCUT2D eigenvalue weighted by Gasteiger charge is 2.60. The molecule has 0 amide bonds. The smallest absolute Gasteiger partial charge is 0.312 e. The zero-order chi connectivity index (χ0) is 18.5. The molecule has 2 unspecified atom stereocenters. The van der Waals surface area contributed by atoms with Crippen LogP contribution < -0.4 is 4.74 Å². The van der Waals surface area contributed by atoms with Crippen LogP contribution in [0.5, 0.6) is 5.75 Å². The third kappa shape index (κ3) is 3.01. The summed E-state index contributed by atoms with van der Waals surface area (Å²) in [6.45, 7) is -0.309. The molecule has 4 atom stereocenters. The van der Waals surface area contributed by atoms with E-state index in [2.05, 4.69) is 0 Å². The van der Waals surface area contributed by atoms with Gasteiger partial charge in [0.15, 0.2) is 12.4 Å². The molecule has 1 N–H and O–H groups in total. The fraction of sp³-hybridized carbons (Fsp3) is 0.600. The molecule has 0 radical (unpaired) electrons. The van der Waals surface area contributed by atoms with Crippen molar-refractivity contribution < 1.29 is 24.2 Å². The molecule has 4 saturated carbocycles. The van der Waals surface area contributed by atoms with E-state index in [4.69, 9.17) is 21.1 Å². The molecule has 0 spiro atoms. The van der Waals surface area contributed by atoms with Gasteiger partial charge in [-0.05, 0) is 68.6 Å². The summed E-state index contributed by atoms with van der Waals surface area (Å²) >= 11 is 6.05. The van der Waals surface area contributed by atoms with Crippen LogP contribution in [-0.2, 0) is 9.53 Å². The van der Waals surface area contributed by atoms with E-state index in [1.54, 1.807) is 12.1 Å². The number of carbonyl (C=O) groups is 2. The molecule has 4 fully saturated rings. The zero-order valence-electron chi connectivity index (χ0n) is 14.8. The molecular formula is C20H23ClO5. The van der Waals surface area contributed by atoms with Crippen LogP contribution in [0, 0.1) is 17.3 Å².